The van der Waals surface area contributed by atoms with Crippen molar-refractivity contribution in [1.29, 1.82) is 0 Å². The predicted molar refractivity (Wildman–Crippen MR) is 46.6 cm³/mol. The molecule has 13 heavy (non-hydrogen) atoms. The van der Waals surface area contributed by atoms with Gasteiger partial charge in [0.05, 0.1) is 6.61 Å². The third kappa shape index (κ3) is 1.67. The Morgan fingerprint density at radius 1 is 1.31 bits per heavy atom. The van der Waals surface area contributed by atoms with E-state index in [0.717, 1.165) is 12.0 Å². The Labute approximate surface area is 75.8 Å². The number of hydrogen-bond acceptors (Lipinski definition) is 4. The maximum absolute atomic E-state index is 8.91. The van der Waals surface area contributed by atoms with Crippen LogP contribution in [0, 0.1) is 0 Å². The molecule has 0 saturated carbocycles. The molecule has 2 N–H and O–H groups in total. The van der Waals surface area contributed by atoms with E-state index in [-0.39, 0.29) is 0 Å². The first-order valence-corrected chi connectivity index (χ1v) is 4.06. The minimum absolute atomic E-state index is 0.476. The van der Waals surface area contributed by atoms with Gasteiger partial charge >= 0.3 is 7.12 Å². The highest BCUT2D eigenvalue weighted by Gasteiger charge is 2.16. The second-order valence-corrected chi connectivity index (χ2v) is 2.90. The number of fused-ring (bicyclic) bond motifs is 1. The van der Waals surface area contributed by atoms with Gasteiger partial charge in [-0.3, -0.25) is 0 Å². The van der Waals surface area contributed by atoms with E-state index in [9.17, 15) is 0 Å². The topological polar surface area (TPSA) is 58.9 Å². The van der Waals surface area contributed by atoms with E-state index in [0.29, 0.717) is 17.8 Å². The summed E-state index contributed by atoms with van der Waals surface area (Å²) >= 11 is 0. The van der Waals surface area contributed by atoms with Crippen LogP contribution in [0.15, 0.2) is 18.2 Å². The van der Waals surface area contributed by atoms with Crippen molar-refractivity contribution in [2.45, 2.75) is 6.42 Å². The summed E-state index contributed by atoms with van der Waals surface area (Å²) in [6.07, 6.45) is 0.732. The van der Waals surface area contributed by atoms with Crippen LogP contribution in [-0.4, -0.2) is 23.8 Å². The van der Waals surface area contributed by atoms with Crippen LogP contribution in [0.2, 0.25) is 0 Å². The van der Waals surface area contributed by atoms with Gasteiger partial charge in [-0.05, 0) is 11.5 Å². The molecule has 0 saturated heterocycles. The third-order valence-corrected chi connectivity index (χ3v) is 1.99. The Morgan fingerprint density at radius 2 is 2.15 bits per heavy atom. The molecular weight excluding hydrogens is 171 g/mol. The highest BCUT2D eigenvalue weighted by atomic mass is 17.2. The van der Waals surface area contributed by atoms with Gasteiger partial charge in [-0.2, -0.15) is 4.89 Å². The number of rotatable bonds is 1. The summed E-state index contributed by atoms with van der Waals surface area (Å²) in [5, 5.41) is 17.8. The zero-order valence-corrected chi connectivity index (χ0v) is 6.93. The molecule has 0 bridgehead atoms. The average Bonchev–Trinajstić information content (AvgIpc) is 2.17. The van der Waals surface area contributed by atoms with Crippen LogP contribution in [-0.2, 0) is 11.3 Å². The summed E-state index contributed by atoms with van der Waals surface area (Å²) in [5.74, 6) is 0.649. The molecule has 1 aliphatic heterocycles. The first-order valence-electron chi connectivity index (χ1n) is 4.06. The zero-order chi connectivity index (χ0) is 9.26. The highest BCUT2D eigenvalue weighted by molar-refractivity contribution is 6.58. The van der Waals surface area contributed by atoms with Crippen molar-refractivity contribution in [3.05, 3.63) is 23.8 Å². The lowest BCUT2D eigenvalue weighted by Gasteiger charge is -2.15. The second-order valence-electron chi connectivity index (χ2n) is 2.90. The van der Waals surface area contributed by atoms with E-state index < -0.39 is 7.12 Å². The van der Waals surface area contributed by atoms with Crippen LogP contribution < -0.4 is 10.4 Å². The predicted octanol–water partition coefficient (Wildman–Crippen LogP) is -0.767. The van der Waals surface area contributed by atoms with Crippen LogP contribution in [0.4, 0.5) is 0 Å². The molecule has 0 aliphatic carbocycles. The zero-order valence-electron chi connectivity index (χ0n) is 6.93. The minimum atomic E-state index is -1.42. The molecule has 2 rings (SSSR count). The SMILES string of the molecule is OB(O)c1ccc2c(c1)CCOO2. The molecule has 1 heterocycles. The summed E-state index contributed by atoms with van der Waals surface area (Å²) in [7, 11) is -1.42. The third-order valence-electron chi connectivity index (χ3n) is 1.99. The van der Waals surface area contributed by atoms with Crippen LogP contribution >= 0.6 is 0 Å². The van der Waals surface area contributed by atoms with E-state index in [2.05, 4.69) is 0 Å². The van der Waals surface area contributed by atoms with E-state index in [1.807, 2.05) is 0 Å². The molecule has 4 nitrogen and oxygen atoms in total. The van der Waals surface area contributed by atoms with Gasteiger partial charge in [0.25, 0.3) is 0 Å². The molecule has 1 aromatic carbocycles. The van der Waals surface area contributed by atoms with Crippen molar-refractivity contribution >= 4 is 12.6 Å². The van der Waals surface area contributed by atoms with Crippen LogP contribution in [0.25, 0.3) is 0 Å². The minimum Gasteiger partial charge on any atom is -0.423 e. The van der Waals surface area contributed by atoms with Crippen LogP contribution in [0.1, 0.15) is 5.56 Å². The first-order chi connectivity index (χ1) is 6.27. The lowest BCUT2D eigenvalue weighted by Crippen LogP contribution is -2.30. The van der Waals surface area contributed by atoms with Gasteiger partial charge in [0, 0.05) is 12.0 Å². The van der Waals surface area contributed by atoms with E-state index in [1.165, 1.54) is 0 Å². The van der Waals surface area contributed by atoms with Gasteiger partial charge in [-0.1, -0.05) is 12.1 Å². The molecule has 0 spiro atoms. The maximum atomic E-state index is 8.91. The molecule has 1 aromatic rings. The Morgan fingerprint density at radius 3 is 2.92 bits per heavy atom. The normalized spacial score (nSPS) is 14.6. The van der Waals surface area contributed by atoms with Crippen LogP contribution in [0.3, 0.4) is 0 Å². The highest BCUT2D eigenvalue weighted by Crippen LogP contribution is 2.21. The summed E-state index contributed by atoms with van der Waals surface area (Å²) in [4.78, 5) is 9.67. The fourth-order valence-corrected chi connectivity index (χ4v) is 1.29. The van der Waals surface area contributed by atoms with Crippen molar-refractivity contribution < 1.29 is 19.8 Å². The Kier molecular flexibility index (Phi) is 2.22. The quantitative estimate of drug-likeness (QED) is 0.440. The molecule has 5 heteroatoms. The summed E-state index contributed by atoms with van der Waals surface area (Å²) in [6.45, 7) is 0.498. The van der Waals surface area contributed by atoms with Crippen molar-refractivity contribution in [1.82, 2.24) is 0 Å². The van der Waals surface area contributed by atoms with Crippen molar-refractivity contribution in [3.63, 3.8) is 0 Å². The maximum Gasteiger partial charge on any atom is 0.488 e. The average molecular weight is 180 g/mol. The van der Waals surface area contributed by atoms with Crippen molar-refractivity contribution in [2.75, 3.05) is 6.61 Å². The summed E-state index contributed by atoms with van der Waals surface area (Å²) in [5.41, 5.74) is 1.42. The van der Waals surface area contributed by atoms with Gasteiger partial charge in [-0.15, -0.1) is 0 Å². The summed E-state index contributed by atoms with van der Waals surface area (Å²) < 4.78 is 0. The van der Waals surface area contributed by atoms with Gasteiger partial charge in [-0.25, -0.2) is 0 Å². The molecule has 0 fully saturated rings. The first kappa shape index (κ1) is 8.56. The van der Waals surface area contributed by atoms with E-state index in [4.69, 9.17) is 19.8 Å². The van der Waals surface area contributed by atoms with Gasteiger partial charge in [0.15, 0.2) is 5.75 Å². The second kappa shape index (κ2) is 3.37. The Bertz CT molecular complexity index is 313. The largest absolute Gasteiger partial charge is 0.488 e. The molecule has 0 unspecified atom stereocenters. The molecular formula is C8H9BO4. The number of benzene rings is 1. The fourth-order valence-electron chi connectivity index (χ4n) is 1.29. The van der Waals surface area contributed by atoms with E-state index >= 15 is 0 Å². The smallest absolute Gasteiger partial charge is 0.423 e. The molecule has 0 atom stereocenters. The molecule has 0 aromatic heterocycles. The Balaban J connectivity index is 2.35. The van der Waals surface area contributed by atoms with Crippen molar-refractivity contribution in [2.24, 2.45) is 0 Å². The lowest BCUT2D eigenvalue weighted by molar-refractivity contribution is -0.215. The Hall–Kier alpha value is -1.04. The lowest BCUT2D eigenvalue weighted by atomic mass is 9.79. The fraction of sp³-hybridized carbons (Fsp3) is 0.250. The summed E-state index contributed by atoms with van der Waals surface area (Å²) in [6, 6.07) is 4.98. The standard InChI is InChI=1S/C8H9BO4/c10-9(11)7-1-2-8-6(5-7)3-4-12-13-8/h1-2,5,10-11H,3-4H2. The van der Waals surface area contributed by atoms with Gasteiger partial charge in [0.2, 0.25) is 0 Å². The molecule has 68 valence electrons. The van der Waals surface area contributed by atoms with E-state index in [1.54, 1.807) is 18.2 Å². The monoisotopic (exact) mass is 180 g/mol. The van der Waals surface area contributed by atoms with Gasteiger partial charge < -0.3 is 14.9 Å². The molecule has 0 radical (unpaired) electrons. The number of hydrogen-bond donors (Lipinski definition) is 2. The van der Waals surface area contributed by atoms with Crippen molar-refractivity contribution in [3.8, 4) is 5.75 Å². The molecule has 0 amide bonds. The van der Waals surface area contributed by atoms with Gasteiger partial charge in [0.1, 0.15) is 0 Å². The molecule has 1 aliphatic rings. The van der Waals surface area contributed by atoms with Crippen LogP contribution in [0.5, 0.6) is 5.75 Å².